The molecule has 0 amide bonds. The van der Waals surface area contributed by atoms with Gasteiger partial charge in [-0.25, -0.2) is 14.4 Å². The Balaban J connectivity index is 0.00000289. The highest BCUT2D eigenvalue weighted by Crippen LogP contribution is 2.36. The zero-order chi connectivity index (χ0) is 23.7. The number of hydrogen-bond acceptors (Lipinski definition) is 8. The van der Waals surface area contributed by atoms with Crippen LogP contribution in [-0.4, -0.2) is 73.6 Å². The monoisotopic (exact) mass is 588 g/mol. The summed E-state index contributed by atoms with van der Waals surface area (Å²) in [5, 5.41) is 4.03. The standard InChI is InChI=1S/C23H23BrClFN4O4.ClH/c1-31-21-4-15-19(27-12-28-23(15)29-20-6-17(25)16(24)5-18(20)26)7-22(21)34-11-14-8-30-2-3-32-9-13(30)10-33-14;/h4-7,12-14H,2-3,8-11H2,1H3,(H,27,28,29);1H/t13-,14-;/m0./s1. The van der Waals surface area contributed by atoms with Gasteiger partial charge in [-0.2, -0.15) is 0 Å². The van der Waals surface area contributed by atoms with Crippen molar-refractivity contribution >= 4 is 62.3 Å². The summed E-state index contributed by atoms with van der Waals surface area (Å²) in [6, 6.07) is 6.66. The van der Waals surface area contributed by atoms with Gasteiger partial charge in [0.1, 0.15) is 30.7 Å². The van der Waals surface area contributed by atoms with Crippen LogP contribution < -0.4 is 14.8 Å². The van der Waals surface area contributed by atoms with E-state index in [9.17, 15) is 4.39 Å². The molecule has 188 valence electrons. The second kappa shape index (κ2) is 11.4. The molecule has 3 heterocycles. The van der Waals surface area contributed by atoms with E-state index in [4.69, 9.17) is 30.5 Å². The first-order chi connectivity index (χ1) is 16.5. The molecule has 0 saturated carbocycles. The van der Waals surface area contributed by atoms with Crippen molar-refractivity contribution in [3.63, 3.8) is 0 Å². The molecule has 0 spiro atoms. The molecule has 0 aliphatic carbocycles. The molecule has 1 N–H and O–H groups in total. The summed E-state index contributed by atoms with van der Waals surface area (Å²) in [4.78, 5) is 11.0. The van der Waals surface area contributed by atoms with Gasteiger partial charge in [0.15, 0.2) is 11.5 Å². The fraction of sp³-hybridized carbons (Fsp3) is 0.391. The third-order valence-electron chi connectivity index (χ3n) is 5.92. The maximum absolute atomic E-state index is 14.4. The number of aromatic nitrogens is 2. The molecule has 0 unspecified atom stereocenters. The largest absolute Gasteiger partial charge is 0.493 e. The quantitative estimate of drug-likeness (QED) is 0.409. The van der Waals surface area contributed by atoms with Crippen molar-refractivity contribution in [2.75, 3.05) is 51.9 Å². The van der Waals surface area contributed by atoms with Gasteiger partial charge in [0.05, 0.1) is 49.2 Å². The molecule has 3 aromatic rings. The summed E-state index contributed by atoms with van der Waals surface area (Å²) in [5.41, 5.74) is 0.818. The smallest absolute Gasteiger partial charge is 0.163 e. The Morgan fingerprint density at radius 1 is 1.23 bits per heavy atom. The molecule has 12 heteroatoms. The molecule has 2 aromatic carbocycles. The van der Waals surface area contributed by atoms with Gasteiger partial charge >= 0.3 is 0 Å². The Morgan fingerprint density at radius 3 is 2.91 bits per heavy atom. The fourth-order valence-corrected chi connectivity index (χ4v) is 4.59. The summed E-state index contributed by atoms with van der Waals surface area (Å²) in [6.07, 6.45) is 1.35. The number of hydrogen-bond donors (Lipinski definition) is 1. The van der Waals surface area contributed by atoms with Crippen molar-refractivity contribution in [1.29, 1.82) is 0 Å². The van der Waals surface area contributed by atoms with E-state index >= 15 is 0 Å². The highest BCUT2D eigenvalue weighted by atomic mass is 79.9. The number of methoxy groups -OCH3 is 1. The predicted octanol–water partition coefficient (Wildman–Crippen LogP) is 4.84. The first kappa shape index (κ1) is 26.1. The van der Waals surface area contributed by atoms with Crippen molar-refractivity contribution in [3.8, 4) is 11.5 Å². The highest BCUT2D eigenvalue weighted by molar-refractivity contribution is 9.10. The van der Waals surface area contributed by atoms with Crippen molar-refractivity contribution in [3.05, 3.63) is 45.9 Å². The lowest BCUT2D eigenvalue weighted by molar-refractivity contribution is -0.124. The number of ether oxygens (including phenoxy) is 4. The van der Waals surface area contributed by atoms with Crippen molar-refractivity contribution in [2.45, 2.75) is 12.1 Å². The van der Waals surface area contributed by atoms with Crippen LogP contribution in [0.15, 0.2) is 35.1 Å². The molecule has 5 rings (SSSR count). The fourth-order valence-electron chi connectivity index (χ4n) is 4.11. The van der Waals surface area contributed by atoms with E-state index in [0.717, 1.165) is 19.7 Å². The average Bonchev–Trinajstić information content (AvgIpc) is 2.85. The van der Waals surface area contributed by atoms with Crippen LogP contribution in [0.4, 0.5) is 15.9 Å². The number of nitrogens with one attached hydrogen (secondary N) is 1. The van der Waals surface area contributed by atoms with Gasteiger partial charge in [-0.05, 0) is 34.1 Å². The van der Waals surface area contributed by atoms with Crippen LogP contribution in [0.5, 0.6) is 11.5 Å². The lowest BCUT2D eigenvalue weighted by Crippen LogP contribution is -2.56. The Kier molecular flexibility index (Phi) is 8.51. The Morgan fingerprint density at radius 2 is 2.09 bits per heavy atom. The van der Waals surface area contributed by atoms with Crippen molar-refractivity contribution < 1.29 is 23.3 Å². The van der Waals surface area contributed by atoms with Crippen LogP contribution in [0.25, 0.3) is 10.9 Å². The number of fused-ring (bicyclic) bond motifs is 2. The molecule has 2 atom stereocenters. The number of rotatable bonds is 6. The Labute approximate surface area is 221 Å². The van der Waals surface area contributed by atoms with Crippen LogP contribution in [0.1, 0.15) is 0 Å². The van der Waals surface area contributed by atoms with E-state index in [2.05, 4.69) is 36.1 Å². The number of anilines is 2. The second-order valence-electron chi connectivity index (χ2n) is 8.10. The Bertz CT molecular complexity index is 1210. The molecule has 2 fully saturated rings. The molecular weight excluding hydrogens is 566 g/mol. The van der Waals surface area contributed by atoms with Crippen LogP contribution in [0, 0.1) is 5.82 Å². The predicted molar refractivity (Wildman–Crippen MR) is 137 cm³/mol. The maximum atomic E-state index is 14.4. The van der Waals surface area contributed by atoms with Gasteiger partial charge in [-0.1, -0.05) is 11.6 Å². The van der Waals surface area contributed by atoms with Gasteiger partial charge in [0.25, 0.3) is 0 Å². The normalized spacial score (nSPS) is 20.1. The summed E-state index contributed by atoms with van der Waals surface area (Å²) in [6.45, 7) is 4.15. The first-order valence-electron chi connectivity index (χ1n) is 10.8. The third kappa shape index (κ3) is 5.73. The van der Waals surface area contributed by atoms with Crippen LogP contribution in [0.2, 0.25) is 5.02 Å². The van der Waals surface area contributed by atoms with E-state index in [1.165, 1.54) is 18.5 Å². The van der Waals surface area contributed by atoms with Crippen LogP contribution >= 0.6 is 39.9 Å². The van der Waals surface area contributed by atoms with Gasteiger partial charge in [0, 0.05) is 29.0 Å². The summed E-state index contributed by atoms with van der Waals surface area (Å²) >= 11 is 9.35. The lowest BCUT2D eigenvalue weighted by atomic mass is 10.1. The van der Waals surface area contributed by atoms with Gasteiger partial charge < -0.3 is 24.3 Å². The molecule has 2 aliphatic heterocycles. The molecular formula is C23H24BrCl2FN4O4. The van der Waals surface area contributed by atoms with E-state index in [-0.39, 0.29) is 24.2 Å². The Hall–Kier alpha value is -1.95. The molecule has 35 heavy (non-hydrogen) atoms. The highest BCUT2D eigenvalue weighted by Gasteiger charge is 2.31. The second-order valence-corrected chi connectivity index (χ2v) is 9.37. The van der Waals surface area contributed by atoms with Crippen LogP contribution in [-0.2, 0) is 9.47 Å². The summed E-state index contributed by atoms with van der Waals surface area (Å²) in [5.74, 6) is 1.01. The first-order valence-corrected chi connectivity index (χ1v) is 12.0. The molecule has 0 bridgehead atoms. The number of halogens is 4. The molecule has 8 nitrogen and oxygen atoms in total. The third-order valence-corrected chi connectivity index (χ3v) is 7.12. The zero-order valence-corrected chi connectivity index (χ0v) is 22.0. The number of morpholine rings is 2. The minimum atomic E-state index is -0.468. The van der Waals surface area contributed by atoms with E-state index in [1.807, 2.05) is 0 Å². The van der Waals surface area contributed by atoms with Crippen molar-refractivity contribution in [1.82, 2.24) is 14.9 Å². The van der Waals surface area contributed by atoms with Gasteiger partial charge in [-0.15, -0.1) is 12.4 Å². The van der Waals surface area contributed by atoms with E-state index in [0.29, 0.717) is 63.6 Å². The molecule has 2 saturated heterocycles. The number of nitrogens with zero attached hydrogens (tertiary/aromatic N) is 3. The maximum Gasteiger partial charge on any atom is 0.163 e. The average molecular weight is 590 g/mol. The van der Waals surface area contributed by atoms with Gasteiger partial charge in [-0.3, -0.25) is 4.90 Å². The minimum Gasteiger partial charge on any atom is -0.493 e. The topological polar surface area (TPSA) is 78.0 Å². The molecule has 2 aliphatic rings. The van der Waals surface area contributed by atoms with Gasteiger partial charge in [0.2, 0.25) is 0 Å². The summed E-state index contributed by atoms with van der Waals surface area (Å²) < 4.78 is 38.1. The van der Waals surface area contributed by atoms with Crippen LogP contribution in [0.3, 0.4) is 0 Å². The lowest BCUT2D eigenvalue weighted by Gasteiger charge is -2.41. The summed E-state index contributed by atoms with van der Waals surface area (Å²) in [7, 11) is 1.56. The SMILES string of the molecule is COc1cc2c(Nc3cc(Cl)c(Br)cc3F)ncnc2cc1OC[C@@H]1CN2CCOC[C@H]2CO1.Cl. The van der Waals surface area contributed by atoms with E-state index < -0.39 is 5.82 Å². The van der Waals surface area contributed by atoms with Crippen molar-refractivity contribution in [2.24, 2.45) is 0 Å². The molecule has 1 aromatic heterocycles. The minimum absolute atomic E-state index is 0. The molecule has 0 radical (unpaired) electrons. The van der Waals surface area contributed by atoms with E-state index in [1.54, 1.807) is 19.2 Å². The number of benzene rings is 2. The zero-order valence-electron chi connectivity index (χ0n) is 18.8.